The van der Waals surface area contributed by atoms with Gasteiger partial charge in [-0.3, -0.25) is 4.98 Å². The van der Waals surface area contributed by atoms with Gasteiger partial charge in [0.25, 0.3) is 0 Å². The topological polar surface area (TPSA) is 56.7 Å². The third-order valence-electron chi connectivity index (χ3n) is 2.92. The number of pyridine rings is 1. The molecule has 19 heavy (non-hydrogen) atoms. The minimum absolute atomic E-state index is 0.193. The number of hydrogen-bond acceptors (Lipinski definition) is 3. The molecule has 3 aromatic rings. The van der Waals surface area contributed by atoms with Crippen molar-refractivity contribution in [2.75, 3.05) is 5.73 Å². The van der Waals surface area contributed by atoms with Crippen LogP contribution in [0.25, 0.3) is 11.0 Å². The molecule has 6 heteroatoms. The Morgan fingerprint density at radius 2 is 2.05 bits per heavy atom. The standard InChI is InChI=1S/C13H10F2N4/c14-9-2-1-8(10(15)5-9)7-19-12-3-4-17-6-11(12)18-13(19)16/h1-6H,7H2,(H2,16,18). The summed E-state index contributed by atoms with van der Waals surface area (Å²) in [6.07, 6.45) is 3.20. The van der Waals surface area contributed by atoms with Crippen LogP contribution in [0.2, 0.25) is 0 Å². The van der Waals surface area contributed by atoms with E-state index in [1.165, 1.54) is 12.1 Å². The molecular weight excluding hydrogens is 250 g/mol. The molecule has 96 valence electrons. The van der Waals surface area contributed by atoms with Crippen molar-refractivity contribution in [3.05, 3.63) is 53.9 Å². The zero-order valence-electron chi connectivity index (χ0n) is 9.85. The smallest absolute Gasteiger partial charge is 0.201 e. The van der Waals surface area contributed by atoms with Gasteiger partial charge < -0.3 is 10.3 Å². The van der Waals surface area contributed by atoms with Gasteiger partial charge in [-0.05, 0) is 12.1 Å². The summed E-state index contributed by atoms with van der Waals surface area (Å²) in [6.45, 7) is 0.193. The lowest BCUT2D eigenvalue weighted by atomic mass is 10.2. The molecule has 0 aliphatic carbocycles. The van der Waals surface area contributed by atoms with Gasteiger partial charge >= 0.3 is 0 Å². The summed E-state index contributed by atoms with van der Waals surface area (Å²) in [5.74, 6) is -0.934. The third kappa shape index (κ3) is 2.01. The highest BCUT2D eigenvalue weighted by Crippen LogP contribution is 2.19. The van der Waals surface area contributed by atoms with Gasteiger partial charge in [0.05, 0.1) is 18.3 Å². The average molecular weight is 260 g/mol. The first-order valence-electron chi connectivity index (χ1n) is 5.65. The van der Waals surface area contributed by atoms with Gasteiger partial charge in [-0.25, -0.2) is 13.8 Å². The van der Waals surface area contributed by atoms with Crippen LogP contribution in [0.3, 0.4) is 0 Å². The van der Waals surface area contributed by atoms with Crippen LogP contribution >= 0.6 is 0 Å². The van der Waals surface area contributed by atoms with Gasteiger partial charge in [-0.2, -0.15) is 0 Å². The number of rotatable bonds is 2. The highest BCUT2D eigenvalue weighted by molar-refractivity contribution is 5.77. The number of anilines is 1. The fraction of sp³-hybridized carbons (Fsp3) is 0.0769. The fourth-order valence-electron chi connectivity index (χ4n) is 1.99. The number of hydrogen-bond donors (Lipinski definition) is 1. The minimum atomic E-state index is -0.603. The van der Waals surface area contributed by atoms with E-state index in [0.717, 1.165) is 11.6 Å². The Kier molecular flexibility index (Phi) is 2.63. The first-order valence-corrected chi connectivity index (χ1v) is 5.65. The second-order valence-electron chi connectivity index (χ2n) is 4.16. The molecule has 0 bridgehead atoms. The molecule has 0 amide bonds. The van der Waals surface area contributed by atoms with Crippen LogP contribution in [-0.4, -0.2) is 14.5 Å². The molecule has 0 aliphatic rings. The second kappa shape index (κ2) is 4.31. The van der Waals surface area contributed by atoms with E-state index in [-0.39, 0.29) is 12.5 Å². The van der Waals surface area contributed by atoms with E-state index >= 15 is 0 Å². The molecule has 1 aromatic carbocycles. The maximum atomic E-state index is 13.6. The predicted octanol–water partition coefficient (Wildman–Crippen LogP) is 2.34. The van der Waals surface area contributed by atoms with Crippen molar-refractivity contribution in [1.82, 2.24) is 14.5 Å². The number of aromatic nitrogens is 3. The number of nitrogens with zero attached hydrogens (tertiary/aromatic N) is 3. The Balaban J connectivity index is 2.08. The third-order valence-corrected chi connectivity index (χ3v) is 2.92. The number of halogens is 2. The van der Waals surface area contributed by atoms with Gasteiger partial charge in [0, 0.05) is 17.8 Å². The van der Waals surface area contributed by atoms with E-state index in [9.17, 15) is 8.78 Å². The Bertz CT molecular complexity index is 751. The van der Waals surface area contributed by atoms with Gasteiger partial charge in [0.15, 0.2) is 0 Å². The summed E-state index contributed by atoms with van der Waals surface area (Å²) in [7, 11) is 0. The molecule has 0 aliphatic heterocycles. The molecule has 0 spiro atoms. The van der Waals surface area contributed by atoms with Crippen LogP contribution < -0.4 is 5.73 Å². The fourth-order valence-corrected chi connectivity index (χ4v) is 1.99. The molecular formula is C13H10F2N4. The van der Waals surface area contributed by atoms with Crippen molar-refractivity contribution in [3.63, 3.8) is 0 Å². The van der Waals surface area contributed by atoms with Crippen molar-refractivity contribution < 1.29 is 8.78 Å². The molecule has 0 fully saturated rings. The second-order valence-corrected chi connectivity index (χ2v) is 4.16. The highest BCUT2D eigenvalue weighted by Gasteiger charge is 2.11. The maximum absolute atomic E-state index is 13.6. The lowest BCUT2D eigenvalue weighted by Gasteiger charge is -2.07. The molecule has 0 saturated carbocycles. The number of fused-ring (bicyclic) bond motifs is 1. The normalized spacial score (nSPS) is 11.1. The van der Waals surface area contributed by atoms with Crippen molar-refractivity contribution in [3.8, 4) is 0 Å². The van der Waals surface area contributed by atoms with Crippen LogP contribution in [0.15, 0.2) is 36.7 Å². The summed E-state index contributed by atoms with van der Waals surface area (Å²) >= 11 is 0. The number of imidazole rings is 1. The van der Waals surface area contributed by atoms with Gasteiger partial charge in [-0.1, -0.05) is 6.07 Å². The zero-order valence-corrected chi connectivity index (χ0v) is 9.85. The minimum Gasteiger partial charge on any atom is -0.369 e. The zero-order chi connectivity index (χ0) is 13.4. The Morgan fingerprint density at radius 1 is 1.21 bits per heavy atom. The van der Waals surface area contributed by atoms with Crippen LogP contribution in [0.4, 0.5) is 14.7 Å². The molecule has 0 radical (unpaired) electrons. The average Bonchev–Trinajstić information content (AvgIpc) is 2.69. The maximum Gasteiger partial charge on any atom is 0.201 e. The van der Waals surface area contributed by atoms with Gasteiger partial charge in [0.1, 0.15) is 17.2 Å². The molecule has 4 nitrogen and oxygen atoms in total. The van der Waals surface area contributed by atoms with Crippen LogP contribution in [0, 0.1) is 11.6 Å². The molecule has 0 saturated heterocycles. The van der Waals surface area contributed by atoms with E-state index in [4.69, 9.17) is 5.73 Å². The summed E-state index contributed by atoms with van der Waals surface area (Å²) in [6, 6.07) is 5.22. The summed E-state index contributed by atoms with van der Waals surface area (Å²) in [5, 5.41) is 0. The highest BCUT2D eigenvalue weighted by atomic mass is 19.1. The molecule has 2 heterocycles. The van der Waals surface area contributed by atoms with E-state index in [1.54, 1.807) is 23.0 Å². The molecule has 2 N–H and O–H groups in total. The lowest BCUT2D eigenvalue weighted by molar-refractivity contribution is 0.568. The monoisotopic (exact) mass is 260 g/mol. The molecule has 3 rings (SSSR count). The predicted molar refractivity (Wildman–Crippen MR) is 67.4 cm³/mol. The van der Waals surface area contributed by atoms with Gasteiger partial charge in [0.2, 0.25) is 5.95 Å². The SMILES string of the molecule is Nc1nc2cnccc2n1Cc1ccc(F)cc1F. The van der Waals surface area contributed by atoms with Crippen molar-refractivity contribution in [1.29, 1.82) is 0 Å². The van der Waals surface area contributed by atoms with Gasteiger partial charge in [-0.15, -0.1) is 0 Å². The molecule has 2 aromatic heterocycles. The lowest BCUT2D eigenvalue weighted by Crippen LogP contribution is -2.06. The Hall–Kier alpha value is -2.50. The van der Waals surface area contributed by atoms with Crippen LogP contribution in [-0.2, 0) is 6.54 Å². The molecule has 0 atom stereocenters. The summed E-state index contributed by atoms with van der Waals surface area (Å²) in [4.78, 5) is 8.09. The number of nitrogen functional groups attached to an aromatic ring is 1. The van der Waals surface area contributed by atoms with Crippen LogP contribution in [0.1, 0.15) is 5.56 Å². The van der Waals surface area contributed by atoms with E-state index in [0.29, 0.717) is 11.1 Å². The summed E-state index contributed by atoms with van der Waals surface area (Å²) < 4.78 is 28.2. The van der Waals surface area contributed by atoms with Crippen molar-refractivity contribution >= 4 is 17.0 Å². The van der Waals surface area contributed by atoms with E-state index in [1.807, 2.05) is 0 Å². The number of benzene rings is 1. The first-order chi connectivity index (χ1) is 9.15. The number of nitrogens with two attached hydrogens (primary N) is 1. The Morgan fingerprint density at radius 3 is 2.84 bits per heavy atom. The molecule has 0 unspecified atom stereocenters. The van der Waals surface area contributed by atoms with E-state index < -0.39 is 11.6 Å². The Labute approximate surface area is 107 Å². The largest absolute Gasteiger partial charge is 0.369 e. The van der Waals surface area contributed by atoms with E-state index in [2.05, 4.69) is 9.97 Å². The summed E-state index contributed by atoms with van der Waals surface area (Å²) in [5.41, 5.74) is 7.56. The quantitative estimate of drug-likeness (QED) is 0.769. The van der Waals surface area contributed by atoms with Crippen molar-refractivity contribution in [2.45, 2.75) is 6.54 Å². The van der Waals surface area contributed by atoms with Crippen LogP contribution in [0.5, 0.6) is 0 Å². The van der Waals surface area contributed by atoms with Crippen molar-refractivity contribution in [2.24, 2.45) is 0 Å². The first kappa shape index (κ1) is 11.6.